The minimum atomic E-state index is -0.426. The van der Waals surface area contributed by atoms with Crippen molar-refractivity contribution >= 4 is 54.4 Å². The molecule has 1 saturated heterocycles. The number of carbonyl (C=O) groups excluding carboxylic acids is 2. The van der Waals surface area contributed by atoms with Gasteiger partial charge in [-0.2, -0.15) is 11.8 Å². The average Bonchev–Trinajstić information content (AvgIpc) is 2.79. The van der Waals surface area contributed by atoms with Gasteiger partial charge in [0.2, 0.25) is 0 Å². The largest absolute Gasteiger partial charge is 0.450 e. The minimum Gasteiger partial charge on any atom is -0.450 e. The number of alkyl carbamates (subject to hydrolysis) is 1. The lowest BCUT2D eigenvalue weighted by molar-refractivity contribution is 0.0600. The van der Waals surface area contributed by atoms with Gasteiger partial charge < -0.3 is 25.6 Å². The van der Waals surface area contributed by atoms with E-state index in [-0.39, 0.29) is 54.1 Å². The standard InChI is InChI=1S/C25H44N6O3S.2ClH/c1-8-34-24(33)29-18-12-19(14-26-13-18)31(16-17(2)3)22(32)20-15-28-23(25(4,5)6)30-21(20)27-10-9-11-35-7;;/h15,17-19,26H,8-14,16H2,1-7H3,(H,29,33)(H,27,28,30);2*1H/t18-,19+;;/m1../s1. The number of hydrogen-bond donors (Lipinski definition) is 3. The second-order valence-electron chi connectivity index (χ2n) is 10.4. The van der Waals surface area contributed by atoms with Gasteiger partial charge in [-0.15, -0.1) is 24.8 Å². The summed E-state index contributed by atoms with van der Waals surface area (Å²) in [5.41, 5.74) is 0.261. The van der Waals surface area contributed by atoms with Crippen molar-refractivity contribution in [1.29, 1.82) is 0 Å². The zero-order chi connectivity index (χ0) is 26.0. The van der Waals surface area contributed by atoms with Crippen molar-refractivity contribution in [2.75, 3.05) is 50.1 Å². The lowest BCUT2D eigenvalue weighted by Gasteiger charge is -2.39. The zero-order valence-corrected chi connectivity index (χ0v) is 25.7. The molecule has 9 nitrogen and oxygen atoms in total. The van der Waals surface area contributed by atoms with Crippen LogP contribution >= 0.6 is 36.6 Å². The number of nitrogens with one attached hydrogen (secondary N) is 3. The molecule has 3 N–H and O–H groups in total. The first kappa shape index (κ1) is 35.5. The highest BCUT2D eigenvalue weighted by Crippen LogP contribution is 2.24. The van der Waals surface area contributed by atoms with E-state index in [2.05, 4.69) is 61.8 Å². The Hall–Kier alpha value is -1.49. The van der Waals surface area contributed by atoms with E-state index >= 15 is 0 Å². The Kier molecular flexibility index (Phi) is 16.5. The predicted octanol–water partition coefficient (Wildman–Crippen LogP) is 4.36. The molecule has 12 heteroatoms. The summed E-state index contributed by atoms with van der Waals surface area (Å²) in [5.74, 6) is 2.53. The summed E-state index contributed by atoms with van der Waals surface area (Å²) in [6.07, 6.45) is 4.97. The van der Waals surface area contributed by atoms with Crippen molar-refractivity contribution in [2.24, 2.45) is 5.92 Å². The van der Waals surface area contributed by atoms with Crippen LogP contribution in [0.3, 0.4) is 0 Å². The van der Waals surface area contributed by atoms with E-state index in [1.165, 1.54) is 0 Å². The molecule has 1 aliphatic heterocycles. The molecule has 0 saturated carbocycles. The summed E-state index contributed by atoms with van der Waals surface area (Å²) in [5, 5.41) is 9.68. The number of piperidine rings is 1. The molecule has 0 spiro atoms. The van der Waals surface area contributed by atoms with Crippen LogP contribution in [0.1, 0.15) is 70.6 Å². The van der Waals surface area contributed by atoms with E-state index in [1.807, 2.05) is 4.90 Å². The Balaban J connectivity index is 0.00000648. The number of nitrogens with zero attached hydrogens (tertiary/aromatic N) is 3. The monoisotopic (exact) mass is 580 g/mol. The Morgan fingerprint density at radius 3 is 2.57 bits per heavy atom. The van der Waals surface area contributed by atoms with Gasteiger partial charge in [0.25, 0.3) is 5.91 Å². The molecule has 1 aliphatic rings. The van der Waals surface area contributed by atoms with Gasteiger partial charge in [0.05, 0.1) is 6.61 Å². The molecule has 214 valence electrons. The normalized spacial score (nSPS) is 17.3. The summed E-state index contributed by atoms with van der Waals surface area (Å²) in [6.45, 7) is 15.2. The van der Waals surface area contributed by atoms with E-state index in [4.69, 9.17) is 9.72 Å². The van der Waals surface area contributed by atoms with Gasteiger partial charge in [0, 0.05) is 49.9 Å². The van der Waals surface area contributed by atoms with Crippen LogP contribution in [0.15, 0.2) is 6.20 Å². The first-order chi connectivity index (χ1) is 16.6. The number of anilines is 1. The fourth-order valence-electron chi connectivity index (χ4n) is 4.01. The Bertz CT molecular complexity index is 841. The molecule has 2 amide bonds. The quantitative estimate of drug-likeness (QED) is 0.331. The number of rotatable bonds is 11. The van der Waals surface area contributed by atoms with Crippen LogP contribution in [0.5, 0.6) is 0 Å². The first-order valence-corrected chi connectivity index (χ1v) is 14.0. The highest BCUT2D eigenvalue weighted by atomic mass is 35.5. The van der Waals surface area contributed by atoms with Crippen molar-refractivity contribution in [1.82, 2.24) is 25.5 Å². The van der Waals surface area contributed by atoms with Crippen molar-refractivity contribution in [3.63, 3.8) is 0 Å². The molecule has 37 heavy (non-hydrogen) atoms. The average molecular weight is 582 g/mol. The molecule has 0 aromatic carbocycles. The fourth-order valence-corrected chi connectivity index (χ4v) is 4.44. The summed E-state index contributed by atoms with van der Waals surface area (Å²) in [6, 6.07) is -0.184. The van der Waals surface area contributed by atoms with Crippen LogP contribution in [0.4, 0.5) is 10.6 Å². The van der Waals surface area contributed by atoms with Crippen LogP contribution in [-0.2, 0) is 10.2 Å². The number of hydrogen-bond acceptors (Lipinski definition) is 8. The van der Waals surface area contributed by atoms with Crippen molar-refractivity contribution in [3.05, 3.63) is 17.6 Å². The van der Waals surface area contributed by atoms with E-state index in [0.29, 0.717) is 49.9 Å². The molecule has 0 radical (unpaired) electrons. The maximum atomic E-state index is 13.9. The van der Waals surface area contributed by atoms with Crippen LogP contribution in [0.25, 0.3) is 0 Å². The number of halogens is 2. The smallest absolute Gasteiger partial charge is 0.407 e. The molecule has 1 fully saturated rings. The van der Waals surface area contributed by atoms with Gasteiger partial charge in [-0.25, -0.2) is 14.8 Å². The molecular formula is C25H46Cl2N6O3S. The van der Waals surface area contributed by atoms with Crippen LogP contribution in [0, 0.1) is 5.92 Å². The lowest BCUT2D eigenvalue weighted by atomic mass is 9.95. The molecule has 1 aromatic rings. The van der Waals surface area contributed by atoms with Gasteiger partial charge in [-0.3, -0.25) is 4.79 Å². The second kappa shape index (κ2) is 17.2. The number of amides is 2. The van der Waals surface area contributed by atoms with Gasteiger partial charge in [-0.1, -0.05) is 34.6 Å². The third-order valence-electron chi connectivity index (χ3n) is 5.70. The number of aromatic nitrogens is 2. The Morgan fingerprint density at radius 1 is 1.27 bits per heavy atom. The molecule has 1 aromatic heterocycles. The zero-order valence-electron chi connectivity index (χ0n) is 23.3. The number of ether oxygens (including phenoxy) is 1. The van der Waals surface area contributed by atoms with Gasteiger partial charge in [0.1, 0.15) is 17.2 Å². The summed E-state index contributed by atoms with van der Waals surface area (Å²) in [4.78, 5) is 37.2. The number of thioether (sulfide) groups is 1. The highest BCUT2D eigenvalue weighted by molar-refractivity contribution is 7.98. The molecule has 2 heterocycles. The molecule has 2 atom stereocenters. The van der Waals surface area contributed by atoms with Gasteiger partial charge >= 0.3 is 6.09 Å². The maximum Gasteiger partial charge on any atom is 0.407 e. The molecule has 0 unspecified atom stereocenters. The van der Waals surface area contributed by atoms with E-state index in [0.717, 1.165) is 18.7 Å². The van der Waals surface area contributed by atoms with Crippen LogP contribution in [-0.4, -0.2) is 83.7 Å². The molecule has 2 rings (SSSR count). The fraction of sp³-hybridized carbons (Fsp3) is 0.760. The van der Waals surface area contributed by atoms with Crippen LogP contribution < -0.4 is 16.0 Å². The predicted molar refractivity (Wildman–Crippen MR) is 158 cm³/mol. The van der Waals surface area contributed by atoms with E-state index in [1.54, 1.807) is 24.9 Å². The topological polar surface area (TPSA) is 108 Å². The third-order valence-corrected chi connectivity index (χ3v) is 6.39. The SMILES string of the molecule is CCOC(=O)N[C@H]1CNC[C@@H](N(CC(C)C)C(=O)c2cnc(C(C)(C)C)nc2NCCCSC)C1.Cl.Cl. The summed E-state index contributed by atoms with van der Waals surface area (Å²) in [7, 11) is 0. The Labute approximate surface area is 239 Å². The summed E-state index contributed by atoms with van der Waals surface area (Å²) < 4.78 is 5.05. The van der Waals surface area contributed by atoms with Gasteiger partial charge in [-0.05, 0) is 37.7 Å². The van der Waals surface area contributed by atoms with Crippen molar-refractivity contribution < 1.29 is 14.3 Å². The molecular weight excluding hydrogens is 535 g/mol. The van der Waals surface area contributed by atoms with Gasteiger partial charge in [0.15, 0.2) is 0 Å². The summed E-state index contributed by atoms with van der Waals surface area (Å²) >= 11 is 1.80. The van der Waals surface area contributed by atoms with E-state index < -0.39 is 6.09 Å². The van der Waals surface area contributed by atoms with Crippen molar-refractivity contribution in [2.45, 2.75) is 71.9 Å². The third kappa shape index (κ3) is 11.4. The van der Waals surface area contributed by atoms with Crippen LogP contribution in [0.2, 0.25) is 0 Å². The minimum absolute atomic E-state index is 0. The Morgan fingerprint density at radius 2 is 1.97 bits per heavy atom. The number of carbonyl (C=O) groups is 2. The first-order valence-electron chi connectivity index (χ1n) is 12.6. The van der Waals surface area contributed by atoms with Crippen molar-refractivity contribution in [3.8, 4) is 0 Å². The lowest BCUT2D eigenvalue weighted by Crippen LogP contribution is -2.57. The highest BCUT2D eigenvalue weighted by Gasteiger charge is 2.33. The van der Waals surface area contributed by atoms with E-state index in [9.17, 15) is 9.59 Å². The molecule has 0 aliphatic carbocycles. The maximum absolute atomic E-state index is 13.9. The second-order valence-corrected chi connectivity index (χ2v) is 11.4. The molecule has 0 bridgehead atoms.